The fraction of sp³-hybridized carbons (Fsp3) is 0.150. The van der Waals surface area contributed by atoms with Crippen LogP contribution in [0.3, 0.4) is 0 Å². The van der Waals surface area contributed by atoms with Crippen LogP contribution in [-0.4, -0.2) is 26.4 Å². The molecule has 3 heterocycles. The van der Waals surface area contributed by atoms with Gasteiger partial charge in [-0.1, -0.05) is 35.0 Å². The normalized spacial score (nSPS) is 17.9. The maximum atomic E-state index is 12.5. The first-order valence-corrected chi connectivity index (χ1v) is 10.1. The highest BCUT2D eigenvalue weighted by Crippen LogP contribution is 2.33. The summed E-state index contributed by atoms with van der Waals surface area (Å²) in [5, 5.41) is 12.1. The van der Waals surface area contributed by atoms with Crippen molar-refractivity contribution in [1.29, 1.82) is 5.41 Å². The van der Waals surface area contributed by atoms with E-state index in [0.717, 1.165) is 28.3 Å². The van der Waals surface area contributed by atoms with Crippen LogP contribution in [-0.2, 0) is 4.79 Å². The summed E-state index contributed by atoms with van der Waals surface area (Å²) in [6.45, 7) is 5.80. The summed E-state index contributed by atoms with van der Waals surface area (Å²) in [4.78, 5) is 18.3. The molecule has 2 aliphatic heterocycles. The lowest BCUT2D eigenvalue weighted by Crippen LogP contribution is -2.37. The van der Waals surface area contributed by atoms with Crippen LogP contribution in [0.25, 0.3) is 11.8 Å². The van der Waals surface area contributed by atoms with Crippen LogP contribution in [0.2, 0.25) is 10.0 Å². The number of amides is 1. The molecule has 0 saturated carbocycles. The number of fused-ring (bicyclic) bond motifs is 1. The lowest BCUT2D eigenvalue weighted by atomic mass is 10.1. The molecular formula is C20H16Cl2N4OS. The first kappa shape index (κ1) is 19.1. The number of nitrogens with one attached hydrogen (secondary N) is 1. The van der Waals surface area contributed by atoms with Gasteiger partial charge in [-0.25, -0.2) is 0 Å². The molecule has 2 aromatic rings. The van der Waals surface area contributed by atoms with Crippen LogP contribution in [0.15, 0.2) is 45.9 Å². The Bertz CT molecular complexity index is 1140. The fourth-order valence-corrected chi connectivity index (χ4v) is 4.58. The summed E-state index contributed by atoms with van der Waals surface area (Å²) >= 11 is 13.9. The van der Waals surface area contributed by atoms with Crippen LogP contribution in [0.4, 0.5) is 0 Å². The van der Waals surface area contributed by atoms with Gasteiger partial charge in [-0.05, 0) is 62.1 Å². The van der Waals surface area contributed by atoms with Crippen molar-refractivity contribution in [2.75, 3.05) is 0 Å². The maximum absolute atomic E-state index is 12.5. The van der Waals surface area contributed by atoms with Gasteiger partial charge in [0.05, 0.1) is 16.3 Å². The van der Waals surface area contributed by atoms with E-state index in [1.165, 1.54) is 11.8 Å². The highest BCUT2D eigenvalue weighted by molar-refractivity contribution is 8.16. The van der Waals surface area contributed by atoms with Crippen LogP contribution in [0.1, 0.15) is 23.9 Å². The van der Waals surface area contributed by atoms with Crippen molar-refractivity contribution in [3.05, 3.63) is 67.9 Å². The van der Waals surface area contributed by atoms with Gasteiger partial charge in [-0.15, -0.1) is 0 Å². The zero-order chi connectivity index (χ0) is 20.2. The number of allylic oxidation sites excluding steroid dienone is 1. The number of nitrogens with zero attached hydrogens (tertiary/aromatic N) is 3. The molecule has 4 rings (SSSR count). The van der Waals surface area contributed by atoms with Crippen LogP contribution < -0.4 is 0 Å². The van der Waals surface area contributed by atoms with Crippen molar-refractivity contribution in [2.24, 2.45) is 4.99 Å². The van der Waals surface area contributed by atoms with Gasteiger partial charge < -0.3 is 4.57 Å². The van der Waals surface area contributed by atoms with Gasteiger partial charge in [0.2, 0.25) is 0 Å². The van der Waals surface area contributed by atoms with Crippen LogP contribution in [0, 0.1) is 19.3 Å². The largest absolute Gasteiger partial charge is 0.316 e. The van der Waals surface area contributed by atoms with E-state index in [1.54, 1.807) is 29.2 Å². The minimum absolute atomic E-state index is 0.138. The zero-order valence-electron chi connectivity index (χ0n) is 15.4. The Labute approximate surface area is 176 Å². The Kier molecular flexibility index (Phi) is 4.73. The number of amidine groups is 2. The molecule has 0 bridgehead atoms. The molecule has 0 saturated heterocycles. The second-order valence-corrected chi connectivity index (χ2v) is 8.26. The highest BCUT2D eigenvalue weighted by Gasteiger charge is 2.34. The molecule has 0 radical (unpaired) electrons. The first-order chi connectivity index (χ1) is 13.3. The Morgan fingerprint density at radius 2 is 1.93 bits per heavy atom. The summed E-state index contributed by atoms with van der Waals surface area (Å²) in [7, 11) is 0. The molecule has 28 heavy (non-hydrogen) atoms. The van der Waals surface area contributed by atoms with Gasteiger partial charge in [-0.3, -0.25) is 15.1 Å². The molecule has 0 fully saturated rings. The minimum Gasteiger partial charge on any atom is -0.316 e. The maximum Gasteiger partial charge on any atom is 0.283 e. The molecule has 1 amide bonds. The van der Waals surface area contributed by atoms with Gasteiger partial charge >= 0.3 is 0 Å². The third-order valence-electron chi connectivity index (χ3n) is 4.70. The third-order valence-corrected chi connectivity index (χ3v) is 6.20. The lowest BCUT2D eigenvalue weighted by molar-refractivity contribution is -0.114. The zero-order valence-corrected chi connectivity index (χ0v) is 17.7. The molecule has 0 aliphatic carbocycles. The summed E-state index contributed by atoms with van der Waals surface area (Å²) in [6, 6.07) is 7.26. The molecule has 0 spiro atoms. The van der Waals surface area contributed by atoms with Crippen molar-refractivity contribution in [3.8, 4) is 5.69 Å². The van der Waals surface area contributed by atoms with E-state index in [-0.39, 0.29) is 11.4 Å². The average Bonchev–Trinajstić information content (AvgIpc) is 3.13. The van der Waals surface area contributed by atoms with Crippen molar-refractivity contribution in [2.45, 2.75) is 20.8 Å². The number of thioether (sulfide) groups is 1. The number of aryl methyl sites for hydroxylation is 1. The molecule has 5 nitrogen and oxygen atoms in total. The number of halogens is 2. The number of carbonyl (C=O) groups excluding carboxylic acids is 1. The van der Waals surface area contributed by atoms with E-state index in [9.17, 15) is 4.79 Å². The molecular weight excluding hydrogens is 415 g/mol. The highest BCUT2D eigenvalue weighted by atomic mass is 35.5. The molecule has 1 N–H and O–H groups in total. The van der Waals surface area contributed by atoms with Crippen LogP contribution in [0.5, 0.6) is 0 Å². The van der Waals surface area contributed by atoms with E-state index in [4.69, 9.17) is 28.6 Å². The number of aliphatic imine (C=N–C) groups is 1. The predicted octanol–water partition coefficient (Wildman–Crippen LogP) is 5.57. The summed E-state index contributed by atoms with van der Waals surface area (Å²) in [5.74, 6) is -0.267. The van der Waals surface area contributed by atoms with Gasteiger partial charge in [-0.2, -0.15) is 4.99 Å². The fourth-order valence-electron chi connectivity index (χ4n) is 3.36. The van der Waals surface area contributed by atoms with E-state index >= 15 is 0 Å². The Balaban J connectivity index is 1.82. The number of carbonyl (C=O) groups is 1. The van der Waals surface area contributed by atoms with E-state index in [2.05, 4.69) is 4.99 Å². The predicted molar refractivity (Wildman–Crippen MR) is 117 cm³/mol. The van der Waals surface area contributed by atoms with Crippen molar-refractivity contribution in [1.82, 2.24) is 9.47 Å². The monoisotopic (exact) mass is 430 g/mol. The molecule has 1 aromatic heterocycles. The second kappa shape index (κ2) is 6.95. The Morgan fingerprint density at radius 1 is 1.18 bits per heavy atom. The standard InChI is InChI=1S/C20H16Cl2N4OS/c1-10-6-13(12(3)25(10)17-8-14(21)4-5-16(17)22)7-15-18(23)26-11(2)9-28-20(26)24-19(15)27/h4-9,23H,1-3H3/b15-7+,23-18?. The summed E-state index contributed by atoms with van der Waals surface area (Å²) < 4.78 is 1.99. The number of aromatic nitrogens is 1. The van der Waals surface area contributed by atoms with E-state index < -0.39 is 5.91 Å². The molecule has 2 aliphatic rings. The number of hydrogen-bond donors (Lipinski definition) is 1. The molecule has 8 heteroatoms. The number of benzene rings is 1. The van der Waals surface area contributed by atoms with Gasteiger partial charge in [0.15, 0.2) is 5.17 Å². The van der Waals surface area contributed by atoms with Crippen LogP contribution >= 0.6 is 35.0 Å². The van der Waals surface area contributed by atoms with Crippen molar-refractivity contribution >= 4 is 58.0 Å². The number of rotatable bonds is 2. The molecule has 0 unspecified atom stereocenters. The Morgan fingerprint density at radius 3 is 2.68 bits per heavy atom. The quantitative estimate of drug-likeness (QED) is 0.633. The average molecular weight is 431 g/mol. The summed E-state index contributed by atoms with van der Waals surface area (Å²) in [5.41, 5.74) is 4.58. The minimum atomic E-state index is -0.405. The molecule has 0 atom stereocenters. The SMILES string of the molecule is CC1=CSC2=NC(=O)/C(=C/c3cc(C)n(-c4cc(Cl)ccc4Cl)c3C)C(=N)N12. The second-order valence-electron chi connectivity index (χ2n) is 6.58. The van der Waals surface area contributed by atoms with Gasteiger partial charge in [0.25, 0.3) is 5.91 Å². The number of hydrogen-bond acceptors (Lipinski definition) is 3. The topological polar surface area (TPSA) is 61.5 Å². The summed E-state index contributed by atoms with van der Waals surface area (Å²) in [6.07, 6.45) is 1.72. The molecule has 142 valence electrons. The van der Waals surface area contributed by atoms with Gasteiger partial charge in [0.1, 0.15) is 5.84 Å². The van der Waals surface area contributed by atoms with Crippen molar-refractivity contribution in [3.63, 3.8) is 0 Å². The van der Waals surface area contributed by atoms with Crippen molar-refractivity contribution < 1.29 is 4.79 Å². The van der Waals surface area contributed by atoms with Gasteiger partial charge in [0, 0.05) is 22.1 Å². The Hall–Kier alpha value is -2.28. The van der Waals surface area contributed by atoms with E-state index in [0.29, 0.717) is 15.2 Å². The van der Waals surface area contributed by atoms with E-state index in [1.807, 2.05) is 36.8 Å². The lowest BCUT2D eigenvalue weighted by Gasteiger charge is -2.25. The first-order valence-electron chi connectivity index (χ1n) is 8.49. The third kappa shape index (κ3) is 3.02. The molecule has 1 aromatic carbocycles. The smallest absolute Gasteiger partial charge is 0.283 e.